The molecule has 1 aliphatic carbocycles. The number of carbonyl (C=O) groups excluding carboxylic acids is 2. The van der Waals surface area contributed by atoms with E-state index in [-0.39, 0.29) is 37.5 Å². The topological polar surface area (TPSA) is 105 Å². The number of alkyl carbamates (subject to hydrolysis) is 1. The summed E-state index contributed by atoms with van der Waals surface area (Å²) in [6, 6.07) is 16.1. The second kappa shape index (κ2) is 9.70. The molecule has 2 fully saturated rings. The van der Waals surface area contributed by atoms with Gasteiger partial charge >= 0.3 is 12.1 Å². The lowest BCUT2D eigenvalue weighted by atomic mass is 9.95. The molecule has 8 heteroatoms. The fourth-order valence-electron chi connectivity index (χ4n) is 5.68. The first kappa shape index (κ1) is 23.4. The normalized spacial score (nSPS) is 23.1. The van der Waals surface area contributed by atoms with E-state index in [1.165, 1.54) is 0 Å². The Kier molecular flexibility index (Phi) is 6.47. The standard InChI is InChI=1S/C27H30N2O6/c30-24(31)12-11-18-6-5-14-29(18)25(32)27(13-15-34-17-27)28-26(33)35-16-23-21-9-3-1-7-19(21)20-8-2-4-10-22(20)23/h1-4,7-10,18,23H,5-6,11-17H2,(H,28,33)(H,30,31). The maximum atomic E-state index is 13.6. The average Bonchev–Trinajstić information content (AvgIpc) is 3.59. The maximum absolute atomic E-state index is 13.6. The SMILES string of the molecule is O=C(O)CCC1CCCN1C(=O)C1(NC(=O)OCC2c3ccccc3-c3ccccc32)CCOC1. The predicted octanol–water partition coefficient (Wildman–Crippen LogP) is 3.54. The van der Waals surface area contributed by atoms with E-state index in [0.29, 0.717) is 26.0 Å². The molecule has 2 aromatic carbocycles. The summed E-state index contributed by atoms with van der Waals surface area (Å²) in [5, 5.41) is 11.9. The monoisotopic (exact) mass is 478 g/mol. The van der Waals surface area contributed by atoms with Crippen LogP contribution in [0, 0.1) is 0 Å². The minimum Gasteiger partial charge on any atom is -0.481 e. The number of ether oxygens (including phenoxy) is 2. The summed E-state index contributed by atoms with van der Waals surface area (Å²) in [7, 11) is 0. The zero-order valence-electron chi connectivity index (χ0n) is 19.6. The summed E-state index contributed by atoms with van der Waals surface area (Å²) in [6.45, 7) is 1.16. The van der Waals surface area contributed by atoms with Crippen molar-refractivity contribution in [2.45, 2.75) is 49.6 Å². The summed E-state index contributed by atoms with van der Waals surface area (Å²) in [6.07, 6.45) is 1.71. The smallest absolute Gasteiger partial charge is 0.408 e. The highest BCUT2D eigenvalue weighted by atomic mass is 16.6. The molecule has 2 aromatic rings. The van der Waals surface area contributed by atoms with Crippen LogP contribution in [0.2, 0.25) is 0 Å². The third-order valence-electron chi connectivity index (χ3n) is 7.45. The molecule has 2 unspecified atom stereocenters. The Labute approximate surface area is 204 Å². The molecule has 2 heterocycles. The molecule has 2 aliphatic heterocycles. The maximum Gasteiger partial charge on any atom is 0.408 e. The van der Waals surface area contributed by atoms with E-state index in [2.05, 4.69) is 29.6 Å². The van der Waals surface area contributed by atoms with Crippen molar-refractivity contribution in [1.29, 1.82) is 0 Å². The summed E-state index contributed by atoms with van der Waals surface area (Å²) in [5.41, 5.74) is 3.35. The first-order valence-corrected chi connectivity index (χ1v) is 12.2. The highest BCUT2D eigenvalue weighted by Gasteiger charge is 2.48. The van der Waals surface area contributed by atoms with Gasteiger partial charge in [0.2, 0.25) is 0 Å². The van der Waals surface area contributed by atoms with Crippen molar-refractivity contribution in [3.05, 3.63) is 59.7 Å². The highest BCUT2D eigenvalue weighted by Crippen LogP contribution is 2.44. The summed E-state index contributed by atoms with van der Waals surface area (Å²) in [5.74, 6) is -1.16. The van der Waals surface area contributed by atoms with Crippen LogP contribution < -0.4 is 5.32 Å². The van der Waals surface area contributed by atoms with Crippen molar-refractivity contribution < 1.29 is 29.0 Å². The molecular formula is C27H30N2O6. The Hall–Kier alpha value is -3.39. The number of hydrogen-bond donors (Lipinski definition) is 2. The molecular weight excluding hydrogens is 448 g/mol. The summed E-state index contributed by atoms with van der Waals surface area (Å²) < 4.78 is 11.2. The lowest BCUT2D eigenvalue weighted by molar-refractivity contribution is -0.141. The molecule has 184 valence electrons. The minimum absolute atomic E-state index is 0.0117. The second-order valence-corrected chi connectivity index (χ2v) is 9.56. The van der Waals surface area contributed by atoms with Crippen molar-refractivity contribution in [1.82, 2.24) is 10.2 Å². The summed E-state index contributed by atoms with van der Waals surface area (Å²) >= 11 is 0. The second-order valence-electron chi connectivity index (χ2n) is 9.56. The molecule has 3 aliphatic rings. The molecule has 8 nitrogen and oxygen atoms in total. The van der Waals surface area contributed by atoms with E-state index < -0.39 is 17.6 Å². The van der Waals surface area contributed by atoms with E-state index in [0.717, 1.165) is 35.1 Å². The molecule has 0 spiro atoms. The van der Waals surface area contributed by atoms with Gasteiger partial charge in [0.05, 0.1) is 6.61 Å². The van der Waals surface area contributed by atoms with Gasteiger partial charge in [-0.3, -0.25) is 9.59 Å². The predicted molar refractivity (Wildman–Crippen MR) is 128 cm³/mol. The Morgan fingerprint density at radius 3 is 2.40 bits per heavy atom. The number of carbonyl (C=O) groups is 3. The van der Waals surface area contributed by atoms with Crippen molar-refractivity contribution in [2.24, 2.45) is 0 Å². The molecule has 35 heavy (non-hydrogen) atoms. The van der Waals surface area contributed by atoms with Gasteiger partial charge in [-0.25, -0.2) is 4.79 Å². The van der Waals surface area contributed by atoms with Crippen LogP contribution in [0.4, 0.5) is 4.79 Å². The zero-order chi connectivity index (χ0) is 24.4. The first-order valence-electron chi connectivity index (χ1n) is 12.2. The van der Waals surface area contributed by atoms with Crippen LogP contribution in [-0.2, 0) is 19.1 Å². The molecule has 0 bridgehead atoms. The van der Waals surface area contributed by atoms with Crippen molar-refractivity contribution in [3.63, 3.8) is 0 Å². The van der Waals surface area contributed by atoms with E-state index in [1.807, 2.05) is 24.3 Å². The number of likely N-dealkylation sites (tertiary alicyclic amines) is 1. The van der Waals surface area contributed by atoms with Gasteiger partial charge < -0.3 is 24.8 Å². The number of carboxylic acid groups (broad SMARTS) is 1. The van der Waals surface area contributed by atoms with Gasteiger partial charge in [0, 0.05) is 38.0 Å². The number of benzene rings is 2. The number of nitrogens with one attached hydrogen (secondary N) is 1. The van der Waals surface area contributed by atoms with E-state index in [9.17, 15) is 14.4 Å². The van der Waals surface area contributed by atoms with Crippen LogP contribution >= 0.6 is 0 Å². The van der Waals surface area contributed by atoms with Gasteiger partial charge in [-0.2, -0.15) is 0 Å². The third-order valence-corrected chi connectivity index (χ3v) is 7.45. The number of hydrogen-bond acceptors (Lipinski definition) is 5. The van der Waals surface area contributed by atoms with Gasteiger partial charge in [-0.05, 0) is 41.5 Å². The average molecular weight is 479 g/mol. The van der Waals surface area contributed by atoms with Crippen LogP contribution in [0.25, 0.3) is 11.1 Å². The fraction of sp³-hybridized carbons (Fsp3) is 0.444. The lowest BCUT2D eigenvalue weighted by Crippen LogP contribution is -2.61. The molecule has 5 rings (SSSR count). The van der Waals surface area contributed by atoms with Crippen molar-refractivity contribution in [2.75, 3.05) is 26.4 Å². The van der Waals surface area contributed by atoms with Crippen LogP contribution in [-0.4, -0.2) is 65.9 Å². The quantitative estimate of drug-likeness (QED) is 0.631. The number of aliphatic carboxylic acids is 1. The van der Waals surface area contributed by atoms with E-state index in [4.69, 9.17) is 14.6 Å². The molecule has 0 saturated carbocycles. The Morgan fingerprint density at radius 2 is 1.77 bits per heavy atom. The van der Waals surface area contributed by atoms with Gasteiger partial charge in [0.1, 0.15) is 12.1 Å². The molecule has 2 N–H and O–H groups in total. The van der Waals surface area contributed by atoms with Crippen LogP contribution in [0.15, 0.2) is 48.5 Å². The van der Waals surface area contributed by atoms with Crippen molar-refractivity contribution in [3.8, 4) is 11.1 Å². The molecule has 2 saturated heterocycles. The third kappa shape index (κ3) is 4.50. The van der Waals surface area contributed by atoms with Gasteiger partial charge in [0.25, 0.3) is 5.91 Å². The van der Waals surface area contributed by atoms with Gasteiger partial charge in [-0.15, -0.1) is 0 Å². The number of nitrogens with zero attached hydrogens (tertiary/aromatic N) is 1. The fourth-order valence-corrected chi connectivity index (χ4v) is 5.68. The van der Waals surface area contributed by atoms with Gasteiger partial charge in [0.15, 0.2) is 0 Å². The highest BCUT2D eigenvalue weighted by molar-refractivity contribution is 5.91. The Balaban J connectivity index is 1.27. The zero-order valence-corrected chi connectivity index (χ0v) is 19.6. The number of amides is 2. The molecule has 2 atom stereocenters. The molecule has 0 radical (unpaired) electrons. The molecule has 0 aromatic heterocycles. The number of rotatable bonds is 7. The van der Waals surface area contributed by atoms with E-state index >= 15 is 0 Å². The van der Waals surface area contributed by atoms with Crippen LogP contribution in [0.5, 0.6) is 0 Å². The van der Waals surface area contributed by atoms with Crippen molar-refractivity contribution >= 4 is 18.0 Å². The number of fused-ring (bicyclic) bond motifs is 3. The minimum atomic E-state index is -1.19. The molecule has 2 amide bonds. The largest absolute Gasteiger partial charge is 0.481 e. The first-order chi connectivity index (χ1) is 17.0. The summed E-state index contributed by atoms with van der Waals surface area (Å²) in [4.78, 5) is 39.3. The van der Waals surface area contributed by atoms with E-state index in [1.54, 1.807) is 4.90 Å². The van der Waals surface area contributed by atoms with Gasteiger partial charge in [-0.1, -0.05) is 48.5 Å². The number of carboxylic acids is 1. The Morgan fingerprint density at radius 1 is 1.09 bits per heavy atom. The van der Waals surface area contributed by atoms with Crippen LogP contribution in [0.3, 0.4) is 0 Å². The lowest BCUT2D eigenvalue weighted by Gasteiger charge is -2.34. The van der Waals surface area contributed by atoms with Crippen LogP contribution in [0.1, 0.15) is 49.1 Å². The Bertz CT molecular complexity index is 1080.